The molecule has 0 atom stereocenters. The van der Waals surface area contributed by atoms with Gasteiger partial charge in [-0.3, -0.25) is 9.36 Å². The van der Waals surface area contributed by atoms with Gasteiger partial charge in [0.2, 0.25) is 5.91 Å². The van der Waals surface area contributed by atoms with Crippen LogP contribution in [0.15, 0.2) is 41.8 Å². The van der Waals surface area contributed by atoms with Crippen molar-refractivity contribution in [2.45, 2.75) is 18.0 Å². The zero-order valence-electron chi connectivity index (χ0n) is 11.5. The minimum atomic E-state index is -0.287. The molecule has 0 unspecified atom stereocenters. The second-order valence-electron chi connectivity index (χ2n) is 4.94. The van der Waals surface area contributed by atoms with Gasteiger partial charge >= 0.3 is 0 Å². The van der Waals surface area contributed by atoms with E-state index in [1.807, 2.05) is 11.0 Å². The number of hydrogen-bond acceptors (Lipinski definition) is 3. The van der Waals surface area contributed by atoms with Crippen LogP contribution in [0.1, 0.15) is 12.8 Å². The number of nitrogens with zero attached hydrogens (tertiary/aromatic N) is 3. The van der Waals surface area contributed by atoms with Gasteiger partial charge in [-0.15, -0.1) is 0 Å². The minimum Gasteiger partial charge on any atom is -0.342 e. The topological polar surface area (TPSA) is 38.1 Å². The lowest BCUT2D eigenvalue weighted by atomic mass is 10.3. The maximum Gasteiger partial charge on any atom is 0.233 e. The lowest BCUT2D eigenvalue weighted by Crippen LogP contribution is -2.29. The SMILES string of the molecule is O=C(CSc1nccn1-c1cccc(F)c1)N1CCCC1. The van der Waals surface area contributed by atoms with E-state index in [0.717, 1.165) is 25.9 Å². The van der Waals surface area contributed by atoms with Gasteiger partial charge in [0.15, 0.2) is 5.16 Å². The third-order valence-corrected chi connectivity index (χ3v) is 4.43. The van der Waals surface area contributed by atoms with Gasteiger partial charge in [0.05, 0.1) is 11.4 Å². The van der Waals surface area contributed by atoms with Crippen molar-refractivity contribution in [3.8, 4) is 5.69 Å². The number of imidazole rings is 1. The summed E-state index contributed by atoms with van der Waals surface area (Å²) >= 11 is 1.39. The number of rotatable bonds is 4. The van der Waals surface area contributed by atoms with E-state index < -0.39 is 0 Å². The number of amides is 1. The van der Waals surface area contributed by atoms with E-state index in [0.29, 0.717) is 16.6 Å². The molecule has 1 aromatic carbocycles. The fourth-order valence-corrected chi connectivity index (χ4v) is 3.28. The van der Waals surface area contributed by atoms with E-state index in [4.69, 9.17) is 0 Å². The Morgan fingerprint density at radius 3 is 2.90 bits per heavy atom. The molecule has 110 valence electrons. The second-order valence-corrected chi connectivity index (χ2v) is 5.88. The number of benzene rings is 1. The van der Waals surface area contributed by atoms with Gasteiger partial charge in [0.1, 0.15) is 5.82 Å². The van der Waals surface area contributed by atoms with Gasteiger partial charge in [0.25, 0.3) is 0 Å². The summed E-state index contributed by atoms with van der Waals surface area (Å²) in [4.78, 5) is 18.2. The number of carbonyl (C=O) groups excluding carboxylic acids is 1. The summed E-state index contributed by atoms with van der Waals surface area (Å²) in [5, 5.41) is 0.702. The maximum absolute atomic E-state index is 13.3. The van der Waals surface area contributed by atoms with Gasteiger partial charge in [-0.1, -0.05) is 17.8 Å². The number of likely N-dealkylation sites (tertiary alicyclic amines) is 1. The first kappa shape index (κ1) is 14.1. The highest BCUT2D eigenvalue weighted by atomic mass is 32.2. The molecular weight excluding hydrogens is 289 g/mol. The Balaban J connectivity index is 1.69. The van der Waals surface area contributed by atoms with Crippen LogP contribution in [0.25, 0.3) is 5.69 Å². The molecule has 1 amide bonds. The van der Waals surface area contributed by atoms with E-state index in [-0.39, 0.29) is 11.7 Å². The van der Waals surface area contributed by atoms with Crippen LogP contribution >= 0.6 is 11.8 Å². The summed E-state index contributed by atoms with van der Waals surface area (Å²) < 4.78 is 15.1. The minimum absolute atomic E-state index is 0.145. The molecule has 0 spiro atoms. The Bertz CT molecular complexity index is 637. The van der Waals surface area contributed by atoms with Crippen LogP contribution in [0.4, 0.5) is 4.39 Å². The molecule has 0 saturated carbocycles. The zero-order valence-corrected chi connectivity index (χ0v) is 12.4. The van der Waals surface area contributed by atoms with Gasteiger partial charge in [-0.25, -0.2) is 9.37 Å². The monoisotopic (exact) mass is 305 g/mol. The van der Waals surface area contributed by atoms with Crippen LogP contribution in [-0.2, 0) is 4.79 Å². The number of carbonyl (C=O) groups is 1. The normalized spacial score (nSPS) is 14.6. The number of halogens is 1. The summed E-state index contributed by atoms with van der Waals surface area (Å²) in [5.41, 5.74) is 0.712. The summed E-state index contributed by atoms with van der Waals surface area (Å²) in [5.74, 6) is 0.225. The molecule has 6 heteroatoms. The van der Waals surface area contributed by atoms with Crippen molar-refractivity contribution in [2.75, 3.05) is 18.8 Å². The van der Waals surface area contributed by atoms with Crippen molar-refractivity contribution in [3.05, 3.63) is 42.5 Å². The standard InChI is InChI=1S/C15H16FN3OS/c16-12-4-3-5-13(10-12)19-9-6-17-15(19)21-11-14(20)18-7-1-2-8-18/h3-6,9-10H,1-2,7-8,11H2. The number of thioether (sulfide) groups is 1. The molecule has 0 aliphatic carbocycles. The Kier molecular flexibility index (Phi) is 4.24. The van der Waals surface area contributed by atoms with E-state index >= 15 is 0 Å². The Hall–Kier alpha value is -1.82. The van der Waals surface area contributed by atoms with Gasteiger partial charge in [-0.2, -0.15) is 0 Å². The average molecular weight is 305 g/mol. The van der Waals surface area contributed by atoms with Crippen LogP contribution in [0.5, 0.6) is 0 Å². The van der Waals surface area contributed by atoms with Crippen molar-refractivity contribution >= 4 is 17.7 Å². The molecule has 3 rings (SSSR count). The molecule has 0 radical (unpaired) electrons. The zero-order chi connectivity index (χ0) is 14.7. The molecule has 0 bridgehead atoms. The number of aromatic nitrogens is 2. The van der Waals surface area contributed by atoms with Crippen LogP contribution in [0.2, 0.25) is 0 Å². The second kappa shape index (κ2) is 6.30. The van der Waals surface area contributed by atoms with Crippen LogP contribution < -0.4 is 0 Å². The van der Waals surface area contributed by atoms with E-state index in [9.17, 15) is 9.18 Å². The van der Waals surface area contributed by atoms with Crippen LogP contribution in [0.3, 0.4) is 0 Å². The van der Waals surface area contributed by atoms with Crippen molar-refractivity contribution in [1.29, 1.82) is 0 Å². The first-order chi connectivity index (χ1) is 10.2. The molecular formula is C15H16FN3OS. The van der Waals surface area contributed by atoms with E-state index in [2.05, 4.69) is 4.98 Å². The number of hydrogen-bond donors (Lipinski definition) is 0. The van der Waals surface area contributed by atoms with Crippen molar-refractivity contribution in [1.82, 2.24) is 14.5 Å². The van der Waals surface area contributed by atoms with Crippen LogP contribution in [-0.4, -0.2) is 39.2 Å². The summed E-state index contributed by atoms with van der Waals surface area (Å²) in [6.07, 6.45) is 5.62. The molecule has 21 heavy (non-hydrogen) atoms. The Morgan fingerprint density at radius 2 is 2.14 bits per heavy atom. The highest BCUT2D eigenvalue weighted by Crippen LogP contribution is 2.22. The molecule has 2 heterocycles. The molecule has 0 N–H and O–H groups in total. The first-order valence-electron chi connectivity index (χ1n) is 6.94. The molecule has 1 aliphatic heterocycles. The van der Waals surface area contributed by atoms with Gasteiger partial charge in [0, 0.05) is 25.5 Å². The highest BCUT2D eigenvalue weighted by molar-refractivity contribution is 7.99. The molecule has 1 aliphatic rings. The van der Waals surface area contributed by atoms with E-state index in [1.165, 1.54) is 23.9 Å². The molecule has 1 saturated heterocycles. The van der Waals surface area contributed by atoms with Gasteiger partial charge < -0.3 is 4.90 Å². The Labute approximate surface area is 127 Å². The predicted molar refractivity (Wildman–Crippen MR) is 80.1 cm³/mol. The average Bonchev–Trinajstić information content (AvgIpc) is 3.16. The maximum atomic E-state index is 13.3. The fourth-order valence-electron chi connectivity index (χ4n) is 2.40. The highest BCUT2D eigenvalue weighted by Gasteiger charge is 2.18. The van der Waals surface area contributed by atoms with Crippen molar-refractivity contribution in [2.24, 2.45) is 0 Å². The fraction of sp³-hybridized carbons (Fsp3) is 0.333. The molecule has 2 aromatic rings. The van der Waals surface area contributed by atoms with Crippen LogP contribution in [0, 0.1) is 5.82 Å². The van der Waals surface area contributed by atoms with Crippen molar-refractivity contribution in [3.63, 3.8) is 0 Å². The summed E-state index contributed by atoms with van der Waals surface area (Å²) in [6.45, 7) is 1.72. The van der Waals surface area contributed by atoms with Gasteiger partial charge in [-0.05, 0) is 31.0 Å². The third kappa shape index (κ3) is 3.26. The largest absolute Gasteiger partial charge is 0.342 e. The summed E-state index contributed by atoms with van der Waals surface area (Å²) in [7, 11) is 0. The quantitative estimate of drug-likeness (QED) is 0.815. The smallest absolute Gasteiger partial charge is 0.233 e. The molecule has 4 nitrogen and oxygen atoms in total. The summed E-state index contributed by atoms with van der Waals surface area (Å²) in [6, 6.07) is 6.34. The third-order valence-electron chi connectivity index (χ3n) is 3.48. The van der Waals surface area contributed by atoms with E-state index in [1.54, 1.807) is 23.0 Å². The predicted octanol–water partition coefficient (Wildman–Crippen LogP) is 2.73. The van der Waals surface area contributed by atoms with Crippen molar-refractivity contribution < 1.29 is 9.18 Å². The lowest BCUT2D eigenvalue weighted by Gasteiger charge is -2.14. The molecule has 1 fully saturated rings. The molecule has 1 aromatic heterocycles. The first-order valence-corrected chi connectivity index (χ1v) is 7.92. The lowest BCUT2D eigenvalue weighted by molar-refractivity contribution is -0.127. The Morgan fingerprint density at radius 1 is 1.33 bits per heavy atom.